The Labute approximate surface area is 181 Å². The summed E-state index contributed by atoms with van der Waals surface area (Å²) in [5.41, 5.74) is 3.30. The molecule has 1 aliphatic rings. The minimum atomic E-state index is -2.64. The first-order valence-electron chi connectivity index (χ1n) is 10.8. The monoisotopic (exact) mass is 423 g/mol. The highest BCUT2D eigenvalue weighted by molar-refractivity contribution is 5.70. The largest absolute Gasteiger partial charge is 0.324 e. The van der Waals surface area contributed by atoms with E-state index in [1.807, 2.05) is 37.5 Å². The van der Waals surface area contributed by atoms with Crippen LogP contribution < -0.4 is 5.32 Å². The predicted octanol–water partition coefficient (Wildman–Crippen LogP) is 6.61. The Kier molecular flexibility index (Phi) is 6.49. The van der Waals surface area contributed by atoms with Crippen LogP contribution in [0.15, 0.2) is 42.9 Å². The van der Waals surface area contributed by atoms with Gasteiger partial charge in [-0.05, 0) is 55.0 Å². The zero-order valence-corrected chi connectivity index (χ0v) is 17.9. The van der Waals surface area contributed by atoms with Crippen LogP contribution >= 0.6 is 0 Å². The summed E-state index contributed by atoms with van der Waals surface area (Å²) < 4.78 is 25.8. The SMILES string of the molecule is Cc1cc(Nc2nccc(C(F)F)n2)cc(-c2cnc([C@H](C)C3CCCCC3)nc2)c1. The van der Waals surface area contributed by atoms with E-state index in [2.05, 4.69) is 32.2 Å². The van der Waals surface area contributed by atoms with Gasteiger partial charge in [0, 0.05) is 35.8 Å². The van der Waals surface area contributed by atoms with Crippen LogP contribution in [0.1, 0.15) is 68.5 Å². The number of halogens is 2. The summed E-state index contributed by atoms with van der Waals surface area (Å²) in [6.07, 6.45) is 8.89. The van der Waals surface area contributed by atoms with Crippen LogP contribution in [-0.2, 0) is 0 Å². The van der Waals surface area contributed by atoms with Crippen molar-refractivity contribution in [1.29, 1.82) is 0 Å². The molecule has 1 aliphatic carbocycles. The lowest BCUT2D eigenvalue weighted by Gasteiger charge is -2.26. The lowest BCUT2D eigenvalue weighted by atomic mass is 9.80. The van der Waals surface area contributed by atoms with E-state index in [9.17, 15) is 8.78 Å². The minimum Gasteiger partial charge on any atom is -0.324 e. The van der Waals surface area contributed by atoms with Crippen LogP contribution in [0, 0.1) is 12.8 Å². The normalized spacial score (nSPS) is 15.8. The first kappa shape index (κ1) is 21.3. The Morgan fingerprint density at radius 2 is 1.71 bits per heavy atom. The third-order valence-electron chi connectivity index (χ3n) is 6.00. The van der Waals surface area contributed by atoms with Gasteiger partial charge in [-0.1, -0.05) is 32.3 Å². The van der Waals surface area contributed by atoms with E-state index in [-0.39, 0.29) is 11.6 Å². The van der Waals surface area contributed by atoms with E-state index in [1.54, 1.807) is 0 Å². The Balaban J connectivity index is 1.53. The number of aryl methyl sites for hydroxylation is 1. The van der Waals surface area contributed by atoms with Crippen LogP contribution in [0.5, 0.6) is 0 Å². The van der Waals surface area contributed by atoms with Gasteiger partial charge >= 0.3 is 0 Å². The summed E-state index contributed by atoms with van der Waals surface area (Å²) in [7, 11) is 0. The van der Waals surface area contributed by atoms with Crippen molar-refractivity contribution in [2.75, 3.05) is 5.32 Å². The van der Waals surface area contributed by atoms with Gasteiger partial charge in [-0.3, -0.25) is 0 Å². The van der Waals surface area contributed by atoms with Gasteiger partial charge in [-0.25, -0.2) is 28.7 Å². The number of nitrogens with one attached hydrogen (secondary N) is 1. The first-order valence-corrected chi connectivity index (χ1v) is 10.8. The summed E-state index contributed by atoms with van der Waals surface area (Å²) in [6.45, 7) is 4.21. The van der Waals surface area contributed by atoms with Gasteiger partial charge in [0.05, 0.1) is 0 Å². The molecule has 0 aliphatic heterocycles. The number of hydrogen-bond acceptors (Lipinski definition) is 5. The van der Waals surface area contributed by atoms with Gasteiger partial charge in [0.1, 0.15) is 11.5 Å². The summed E-state index contributed by atoms with van der Waals surface area (Å²) in [5.74, 6) is 2.07. The van der Waals surface area contributed by atoms with Crippen LogP contribution in [0.3, 0.4) is 0 Å². The lowest BCUT2D eigenvalue weighted by Crippen LogP contribution is -2.16. The molecule has 2 aromatic heterocycles. The number of benzene rings is 1. The molecule has 7 heteroatoms. The average Bonchev–Trinajstić information content (AvgIpc) is 2.79. The molecule has 4 rings (SSSR count). The molecule has 0 amide bonds. The average molecular weight is 424 g/mol. The van der Waals surface area contributed by atoms with Crippen LogP contribution in [-0.4, -0.2) is 19.9 Å². The van der Waals surface area contributed by atoms with Gasteiger partial charge in [0.2, 0.25) is 5.95 Å². The van der Waals surface area contributed by atoms with Crippen molar-refractivity contribution in [2.24, 2.45) is 5.92 Å². The maximum Gasteiger partial charge on any atom is 0.280 e. The van der Waals surface area contributed by atoms with E-state index in [0.29, 0.717) is 11.8 Å². The third-order valence-corrected chi connectivity index (χ3v) is 6.00. The Bertz CT molecular complexity index is 1020. The van der Waals surface area contributed by atoms with Crippen molar-refractivity contribution < 1.29 is 8.78 Å². The summed E-state index contributed by atoms with van der Waals surface area (Å²) >= 11 is 0. The zero-order valence-electron chi connectivity index (χ0n) is 17.9. The van der Waals surface area contributed by atoms with Crippen molar-refractivity contribution in [3.8, 4) is 11.1 Å². The van der Waals surface area contributed by atoms with Crippen LogP contribution in [0.4, 0.5) is 20.4 Å². The highest BCUT2D eigenvalue weighted by Crippen LogP contribution is 2.34. The Morgan fingerprint density at radius 3 is 2.42 bits per heavy atom. The van der Waals surface area contributed by atoms with Gasteiger partial charge in [-0.2, -0.15) is 0 Å². The molecule has 1 atom stereocenters. The second-order valence-corrected chi connectivity index (χ2v) is 8.34. The van der Waals surface area contributed by atoms with Crippen molar-refractivity contribution >= 4 is 11.6 Å². The fraction of sp³-hybridized carbons (Fsp3) is 0.417. The number of alkyl halides is 2. The lowest BCUT2D eigenvalue weighted by molar-refractivity contribution is 0.146. The molecule has 5 nitrogen and oxygen atoms in total. The van der Waals surface area contributed by atoms with Gasteiger partial charge in [0.25, 0.3) is 6.43 Å². The minimum absolute atomic E-state index is 0.141. The number of nitrogens with zero attached hydrogens (tertiary/aromatic N) is 4. The molecule has 1 saturated carbocycles. The number of hydrogen-bond donors (Lipinski definition) is 1. The molecule has 1 aromatic carbocycles. The zero-order chi connectivity index (χ0) is 21.8. The van der Waals surface area contributed by atoms with E-state index >= 15 is 0 Å². The van der Waals surface area contributed by atoms with Crippen molar-refractivity contribution in [3.63, 3.8) is 0 Å². The Hall–Kier alpha value is -2.96. The molecule has 2 heterocycles. The van der Waals surface area contributed by atoms with E-state index in [0.717, 1.165) is 28.2 Å². The molecule has 0 spiro atoms. The number of aromatic nitrogens is 4. The molecule has 0 saturated heterocycles. The molecule has 162 valence electrons. The summed E-state index contributed by atoms with van der Waals surface area (Å²) in [5, 5.41) is 3.03. The molecular formula is C24H27F2N5. The van der Waals surface area contributed by atoms with E-state index in [4.69, 9.17) is 0 Å². The molecule has 0 unspecified atom stereocenters. The predicted molar refractivity (Wildman–Crippen MR) is 117 cm³/mol. The second-order valence-electron chi connectivity index (χ2n) is 8.34. The Morgan fingerprint density at radius 1 is 0.968 bits per heavy atom. The summed E-state index contributed by atoms with van der Waals surface area (Å²) in [4.78, 5) is 17.3. The highest BCUT2D eigenvalue weighted by atomic mass is 19.3. The molecule has 0 radical (unpaired) electrons. The smallest absolute Gasteiger partial charge is 0.280 e. The first-order chi connectivity index (χ1) is 15.0. The molecule has 1 fully saturated rings. The molecule has 0 bridgehead atoms. The van der Waals surface area contributed by atoms with E-state index in [1.165, 1.54) is 44.4 Å². The van der Waals surface area contributed by atoms with Crippen LogP contribution in [0.25, 0.3) is 11.1 Å². The van der Waals surface area contributed by atoms with Crippen LogP contribution in [0.2, 0.25) is 0 Å². The maximum atomic E-state index is 12.9. The van der Waals surface area contributed by atoms with Gasteiger partial charge in [0.15, 0.2) is 0 Å². The van der Waals surface area contributed by atoms with Crippen molar-refractivity contribution in [3.05, 3.63) is 59.9 Å². The van der Waals surface area contributed by atoms with Crippen molar-refractivity contribution in [2.45, 2.75) is 58.3 Å². The second kappa shape index (κ2) is 9.45. The standard InChI is InChI=1S/C24H27F2N5/c1-15-10-18(12-20(11-15)30-24-27-9-8-21(31-24)22(25)26)19-13-28-23(29-14-19)16(2)17-6-4-3-5-7-17/h8-14,16-17,22H,3-7H2,1-2H3,(H,27,30,31)/t16-/m1/s1. The highest BCUT2D eigenvalue weighted by Gasteiger charge is 2.23. The molecular weight excluding hydrogens is 396 g/mol. The van der Waals surface area contributed by atoms with Gasteiger partial charge in [-0.15, -0.1) is 0 Å². The topological polar surface area (TPSA) is 63.6 Å². The molecule has 31 heavy (non-hydrogen) atoms. The van der Waals surface area contributed by atoms with E-state index < -0.39 is 6.43 Å². The van der Waals surface area contributed by atoms with Gasteiger partial charge < -0.3 is 5.32 Å². The summed E-state index contributed by atoms with van der Waals surface area (Å²) in [6, 6.07) is 7.10. The third kappa shape index (κ3) is 5.21. The quantitative estimate of drug-likeness (QED) is 0.483. The fourth-order valence-electron chi connectivity index (χ4n) is 4.27. The molecule has 3 aromatic rings. The number of rotatable bonds is 6. The molecule has 1 N–H and O–H groups in total. The maximum absolute atomic E-state index is 12.9. The fourth-order valence-corrected chi connectivity index (χ4v) is 4.27. The number of anilines is 2. The van der Waals surface area contributed by atoms with Crippen molar-refractivity contribution in [1.82, 2.24) is 19.9 Å².